The minimum absolute atomic E-state index is 0.778. The van der Waals surface area contributed by atoms with E-state index >= 15 is 0 Å². The molecule has 1 heteroatoms. The fourth-order valence-electron chi connectivity index (χ4n) is 3.35. The van der Waals surface area contributed by atoms with Crippen molar-refractivity contribution in [2.45, 2.75) is 83.1 Å². The summed E-state index contributed by atoms with van der Waals surface area (Å²) in [6.45, 7) is 3.51. The Kier molecular flexibility index (Phi) is 7.88. The third kappa shape index (κ3) is 6.22. The minimum Gasteiger partial charge on any atom is -0.314 e. The monoisotopic (exact) mass is 287 g/mol. The predicted molar refractivity (Wildman–Crippen MR) is 92.8 cm³/mol. The summed E-state index contributed by atoms with van der Waals surface area (Å²) >= 11 is 0. The van der Waals surface area contributed by atoms with Crippen LogP contribution in [-0.4, -0.2) is 12.6 Å². The van der Waals surface area contributed by atoms with Crippen LogP contribution in [0, 0.1) is 0 Å². The van der Waals surface area contributed by atoms with Crippen LogP contribution in [0.3, 0.4) is 0 Å². The number of hydrogen-bond donors (Lipinski definition) is 1. The van der Waals surface area contributed by atoms with Crippen molar-refractivity contribution in [2.24, 2.45) is 0 Å². The fraction of sp³-hybridized carbons (Fsp3) is 0.700. The van der Waals surface area contributed by atoms with Gasteiger partial charge in [-0.15, -0.1) is 0 Å². The quantitative estimate of drug-likeness (QED) is 0.518. The normalized spacial score (nSPS) is 21.2. The SMILES string of the molecule is CCCCCCCCCCNC1CC(c2ccccc2)C1. The summed E-state index contributed by atoms with van der Waals surface area (Å²) in [5.41, 5.74) is 1.53. The van der Waals surface area contributed by atoms with Gasteiger partial charge in [-0.2, -0.15) is 0 Å². The van der Waals surface area contributed by atoms with E-state index in [1.54, 1.807) is 0 Å². The number of benzene rings is 1. The second-order valence-electron chi connectivity index (χ2n) is 6.70. The minimum atomic E-state index is 0.778. The molecular weight excluding hydrogens is 254 g/mol. The van der Waals surface area contributed by atoms with E-state index in [1.807, 2.05) is 0 Å². The zero-order valence-corrected chi connectivity index (χ0v) is 13.8. The van der Waals surface area contributed by atoms with Crippen LogP contribution in [0.1, 0.15) is 82.6 Å². The summed E-state index contributed by atoms with van der Waals surface area (Å²) in [5.74, 6) is 0.808. The maximum atomic E-state index is 3.73. The van der Waals surface area contributed by atoms with Gasteiger partial charge in [-0.3, -0.25) is 0 Å². The van der Waals surface area contributed by atoms with Gasteiger partial charge >= 0.3 is 0 Å². The average molecular weight is 287 g/mol. The summed E-state index contributed by atoms with van der Waals surface area (Å²) in [6, 6.07) is 11.8. The predicted octanol–water partition coefficient (Wildman–Crippen LogP) is 5.66. The lowest BCUT2D eigenvalue weighted by atomic mass is 9.76. The molecule has 1 N–H and O–H groups in total. The summed E-state index contributed by atoms with van der Waals surface area (Å²) in [7, 11) is 0. The third-order valence-electron chi connectivity index (χ3n) is 4.87. The molecule has 2 rings (SSSR count). The van der Waals surface area contributed by atoms with Crippen molar-refractivity contribution in [3.8, 4) is 0 Å². The molecule has 0 unspecified atom stereocenters. The fourth-order valence-corrected chi connectivity index (χ4v) is 3.35. The van der Waals surface area contributed by atoms with E-state index in [0.717, 1.165) is 12.0 Å². The molecule has 0 atom stereocenters. The molecule has 0 aromatic heterocycles. The molecule has 1 aliphatic rings. The molecule has 1 saturated carbocycles. The molecule has 1 aromatic carbocycles. The number of unbranched alkanes of at least 4 members (excludes halogenated alkanes) is 7. The third-order valence-corrected chi connectivity index (χ3v) is 4.87. The number of nitrogens with one attached hydrogen (secondary N) is 1. The molecule has 1 fully saturated rings. The van der Waals surface area contributed by atoms with Crippen molar-refractivity contribution in [3.05, 3.63) is 35.9 Å². The van der Waals surface area contributed by atoms with E-state index in [4.69, 9.17) is 0 Å². The van der Waals surface area contributed by atoms with Crippen molar-refractivity contribution < 1.29 is 0 Å². The van der Waals surface area contributed by atoms with Gasteiger partial charge < -0.3 is 5.32 Å². The molecule has 1 nitrogen and oxygen atoms in total. The molecule has 21 heavy (non-hydrogen) atoms. The van der Waals surface area contributed by atoms with Crippen molar-refractivity contribution >= 4 is 0 Å². The average Bonchev–Trinajstić information content (AvgIpc) is 2.48. The van der Waals surface area contributed by atoms with E-state index in [1.165, 1.54) is 76.3 Å². The number of hydrogen-bond acceptors (Lipinski definition) is 1. The van der Waals surface area contributed by atoms with Gasteiger partial charge in [0.2, 0.25) is 0 Å². The van der Waals surface area contributed by atoms with E-state index in [2.05, 4.69) is 42.6 Å². The van der Waals surface area contributed by atoms with Crippen LogP contribution in [0.4, 0.5) is 0 Å². The Morgan fingerprint density at radius 1 is 0.857 bits per heavy atom. The second-order valence-corrected chi connectivity index (χ2v) is 6.70. The van der Waals surface area contributed by atoms with Gasteiger partial charge in [-0.05, 0) is 37.3 Å². The van der Waals surface area contributed by atoms with E-state index < -0.39 is 0 Å². The molecule has 0 bridgehead atoms. The van der Waals surface area contributed by atoms with Gasteiger partial charge in [0, 0.05) is 6.04 Å². The smallest absolute Gasteiger partial charge is 0.00787 e. The Hall–Kier alpha value is -0.820. The first-order valence-corrected chi connectivity index (χ1v) is 9.18. The summed E-state index contributed by atoms with van der Waals surface area (Å²) in [5, 5.41) is 3.73. The van der Waals surface area contributed by atoms with Crippen molar-refractivity contribution in [1.29, 1.82) is 0 Å². The molecule has 0 heterocycles. The molecule has 1 aromatic rings. The molecule has 118 valence electrons. The van der Waals surface area contributed by atoms with Gasteiger partial charge in [-0.25, -0.2) is 0 Å². The summed E-state index contributed by atoms with van der Waals surface area (Å²) in [6.07, 6.45) is 14.0. The van der Waals surface area contributed by atoms with Gasteiger partial charge in [0.15, 0.2) is 0 Å². The van der Waals surface area contributed by atoms with E-state index in [-0.39, 0.29) is 0 Å². The maximum absolute atomic E-state index is 3.73. The van der Waals surface area contributed by atoms with Crippen molar-refractivity contribution in [2.75, 3.05) is 6.54 Å². The Morgan fingerprint density at radius 3 is 2.14 bits per heavy atom. The van der Waals surface area contributed by atoms with Gasteiger partial charge in [0.05, 0.1) is 0 Å². The highest BCUT2D eigenvalue weighted by molar-refractivity contribution is 5.22. The van der Waals surface area contributed by atoms with E-state index in [9.17, 15) is 0 Å². The summed E-state index contributed by atoms with van der Waals surface area (Å²) in [4.78, 5) is 0. The second kappa shape index (κ2) is 10.00. The van der Waals surface area contributed by atoms with Crippen molar-refractivity contribution in [1.82, 2.24) is 5.32 Å². The van der Waals surface area contributed by atoms with Crippen LogP contribution < -0.4 is 5.32 Å². The molecule has 0 aliphatic heterocycles. The molecule has 0 amide bonds. The van der Waals surface area contributed by atoms with Crippen LogP contribution in [0.5, 0.6) is 0 Å². The van der Waals surface area contributed by atoms with Crippen LogP contribution in [0.2, 0.25) is 0 Å². The molecule has 0 spiro atoms. The lowest BCUT2D eigenvalue weighted by molar-refractivity contribution is 0.289. The van der Waals surface area contributed by atoms with E-state index in [0.29, 0.717) is 0 Å². The standard InChI is InChI=1S/C20H33N/c1-2-3-4-5-6-7-8-12-15-21-20-16-19(17-20)18-13-10-9-11-14-18/h9-11,13-14,19-21H,2-8,12,15-17H2,1H3. The van der Waals surface area contributed by atoms with Gasteiger partial charge in [0.25, 0.3) is 0 Å². The van der Waals surface area contributed by atoms with Crippen LogP contribution in [-0.2, 0) is 0 Å². The lowest BCUT2D eigenvalue weighted by Gasteiger charge is -2.36. The first-order chi connectivity index (χ1) is 10.4. The Balaban J connectivity index is 1.40. The highest BCUT2D eigenvalue weighted by Crippen LogP contribution is 2.36. The van der Waals surface area contributed by atoms with Crippen LogP contribution >= 0.6 is 0 Å². The first-order valence-electron chi connectivity index (χ1n) is 9.18. The van der Waals surface area contributed by atoms with Gasteiger partial charge in [0.1, 0.15) is 0 Å². The Labute approximate surface area is 131 Å². The van der Waals surface area contributed by atoms with Crippen molar-refractivity contribution in [3.63, 3.8) is 0 Å². The highest BCUT2D eigenvalue weighted by atomic mass is 14.9. The summed E-state index contributed by atoms with van der Waals surface area (Å²) < 4.78 is 0. The topological polar surface area (TPSA) is 12.0 Å². The maximum Gasteiger partial charge on any atom is 0.00787 e. The van der Waals surface area contributed by atoms with Gasteiger partial charge in [-0.1, -0.05) is 82.2 Å². The Morgan fingerprint density at radius 2 is 1.48 bits per heavy atom. The largest absolute Gasteiger partial charge is 0.314 e. The zero-order valence-electron chi connectivity index (χ0n) is 13.8. The van der Waals surface area contributed by atoms with Crippen LogP contribution in [0.25, 0.3) is 0 Å². The molecular formula is C20H33N. The number of rotatable bonds is 11. The Bertz CT molecular complexity index is 353. The highest BCUT2D eigenvalue weighted by Gasteiger charge is 2.29. The zero-order chi connectivity index (χ0) is 14.8. The molecule has 1 aliphatic carbocycles. The lowest BCUT2D eigenvalue weighted by Crippen LogP contribution is -2.40. The van der Waals surface area contributed by atoms with Crippen LogP contribution in [0.15, 0.2) is 30.3 Å². The molecule has 0 radical (unpaired) electrons. The molecule has 0 saturated heterocycles. The first kappa shape index (κ1) is 16.5.